The van der Waals surface area contributed by atoms with Gasteiger partial charge in [0.2, 0.25) is 0 Å². The normalized spacial score (nSPS) is 10.8. The molecule has 0 spiro atoms. The van der Waals surface area contributed by atoms with Crippen LogP contribution >= 0.6 is 0 Å². The topological polar surface area (TPSA) is 170 Å². The molecule has 1 aromatic heterocycles. The molecule has 0 saturated carbocycles. The monoisotopic (exact) mass is 555 g/mol. The number of aromatic nitrogens is 1. The van der Waals surface area contributed by atoms with E-state index in [-0.39, 0.29) is 5.69 Å². The third-order valence-corrected chi connectivity index (χ3v) is 5.41. The van der Waals surface area contributed by atoms with Crippen LogP contribution < -0.4 is 9.47 Å². The van der Waals surface area contributed by atoms with Crippen LogP contribution in [0.3, 0.4) is 0 Å². The van der Waals surface area contributed by atoms with Crippen LogP contribution in [0.2, 0.25) is 0 Å². The predicted molar refractivity (Wildman–Crippen MR) is 140 cm³/mol. The van der Waals surface area contributed by atoms with Gasteiger partial charge in [-0.05, 0) is 49.6 Å². The van der Waals surface area contributed by atoms with Crippen LogP contribution in [0.5, 0.6) is 11.5 Å². The van der Waals surface area contributed by atoms with Crippen molar-refractivity contribution in [1.82, 2.24) is 4.98 Å². The summed E-state index contributed by atoms with van der Waals surface area (Å²) in [4.78, 5) is 28.8. The SMILES string of the molecule is Cc1cc([N+](=O)[O-])cc(C)c1OC(=O)c1c2ccccc2nc2cc(OCCCC#N)ccc12.O=S(=O)(O)F. The number of carbonyl (C=O) groups excluding carboxylic acids is 1. The summed E-state index contributed by atoms with van der Waals surface area (Å²) in [6.45, 7) is 3.74. The molecule has 0 fully saturated rings. The van der Waals surface area contributed by atoms with E-state index in [1.807, 2.05) is 18.2 Å². The van der Waals surface area contributed by atoms with E-state index in [1.54, 1.807) is 38.1 Å². The molecule has 0 aliphatic carbocycles. The molecule has 11 nitrogen and oxygen atoms in total. The molecule has 202 valence electrons. The van der Waals surface area contributed by atoms with E-state index >= 15 is 0 Å². The van der Waals surface area contributed by atoms with Gasteiger partial charge in [0.25, 0.3) is 5.69 Å². The number of fused-ring (bicyclic) bond motifs is 2. The largest absolute Gasteiger partial charge is 0.493 e. The summed E-state index contributed by atoms with van der Waals surface area (Å²) in [5.41, 5.74) is 2.48. The number of nitro benzene ring substituents is 1. The summed E-state index contributed by atoms with van der Waals surface area (Å²) in [6.07, 6.45) is 1.03. The lowest BCUT2D eigenvalue weighted by molar-refractivity contribution is -0.385. The van der Waals surface area contributed by atoms with Gasteiger partial charge in [0.1, 0.15) is 11.5 Å². The number of nitrogens with zero attached hydrogens (tertiary/aromatic N) is 3. The highest BCUT2D eigenvalue weighted by Crippen LogP contribution is 2.33. The molecule has 1 N–H and O–H groups in total. The van der Waals surface area contributed by atoms with Crippen molar-refractivity contribution in [3.63, 3.8) is 0 Å². The Hall–Kier alpha value is -4.67. The number of rotatable bonds is 7. The molecule has 4 rings (SSSR count). The van der Waals surface area contributed by atoms with Gasteiger partial charge in [0.05, 0.1) is 34.2 Å². The highest BCUT2D eigenvalue weighted by atomic mass is 32.3. The maximum absolute atomic E-state index is 13.4. The van der Waals surface area contributed by atoms with E-state index in [1.165, 1.54) is 12.1 Å². The minimum atomic E-state index is -5.17. The lowest BCUT2D eigenvalue weighted by Crippen LogP contribution is -2.12. The quantitative estimate of drug-likeness (QED) is 0.0444. The predicted octanol–water partition coefficient (Wildman–Crippen LogP) is 5.57. The van der Waals surface area contributed by atoms with Crippen molar-refractivity contribution in [3.05, 3.63) is 81.4 Å². The van der Waals surface area contributed by atoms with Gasteiger partial charge in [-0.1, -0.05) is 22.1 Å². The van der Waals surface area contributed by atoms with Crippen molar-refractivity contribution in [2.24, 2.45) is 0 Å². The molecular weight excluding hydrogens is 533 g/mol. The summed E-state index contributed by atoms with van der Waals surface area (Å²) in [6, 6.07) is 17.4. The second kappa shape index (κ2) is 12.2. The van der Waals surface area contributed by atoms with Crippen LogP contribution in [0.25, 0.3) is 21.8 Å². The third-order valence-electron chi connectivity index (χ3n) is 5.41. The van der Waals surface area contributed by atoms with Gasteiger partial charge in [-0.25, -0.2) is 9.78 Å². The molecular formula is C26H22FN3O8S. The summed E-state index contributed by atoms with van der Waals surface area (Å²) in [5.74, 6) is 0.308. The number of nitriles is 1. The Bertz CT molecular complexity index is 1690. The Morgan fingerprint density at radius 1 is 1.10 bits per heavy atom. The molecule has 0 saturated heterocycles. The minimum absolute atomic E-state index is 0.0584. The van der Waals surface area contributed by atoms with E-state index < -0.39 is 21.4 Å². The number of esters is 1. The Balaban J connectivity index is 0.000000771. The number of para-hydroxylation sites is 1. The fourth-order valence-corrected chi connectivity index (χ4v) is 3.86. The summed E-state index contributed by atoms with van der Waals surface area (Å²) >= 11 is 0. The zero-order chi connectivity index (χ0) is 28.7. The second-order valence-corrected chi connectivity index (χ2v) is 9.08. The van der Waals surface area contributed by atoms with Crippen LogP contribution in [0.1, 0.15) is 34.3 Å². The lowest BCUT2D eigenvalue weighted by atomic mass is 10.0. The Labute approximate surface area is 222 Å². The highest BCUT2D eigenvalue weighted by Gasteiger charge is 2.21. The molecule has 0 atom stereocenters. The van der Waals surface area contributed by atoms with Crippen LogP contribution in [0, 0.1) is 35.3 Å². The number of pyridine rings is 1. The number of unbranched alkanes of at least 4 members (excludes halogenated alkanes) is 1. The van der Waals surface area contributed by atoms with E-state index in [9.17, 15) is 18.8 Å². The number of nitro groups is 1. The number of ether oxygens (including phenoxy) is 2. The molecule has 0 amide bonds. The van der Waals surface area contributed by atoms with Gasteiger partial charge in [-0.3, -0.25) is 14.7 Å². The molecule has 3 aromatic carbocycles. The molecule has 1 heterocycles. The van der Waals surface area contributed by atoms with Crippen molar-refractivity contribution < 1.29 is 36.0 Å². The molecule has 39 heavy (non-hydrogen) atoms. The molecule has 13 heteroatoms. The summed E-state index contributed by atoms with van der Waals surface area (Å²) in [5, 5.41) is 21.1. The smallest absolute Gasteiger partial charge is 0.435 e. The van der Waals surface area contributed by atoms with Crippen molar-refractivity contribution in [1.29, 1.82) is 5.26 Å². The van der Waals surface area contributed by atoms with E-state index in [2.05, 4.69) is 11.1 Å². The molecule has 0 unspecified atom stereocenters. The van der Waals surface area contributed by atoms with Crippen molar-refractivity contribution >= 4 is 44.0 Å². The average Bonchev–Trinajstić information content (AvgIpc) is 2.86. The summed E-state index contributed by atoms with van der Waals surface area (Å²) < 4.78 is 45.6. The third kappa shape index (κ3) is 7.67. The number of hydrogen-bond acceptors (Lipinski definition) is 9. The highest BCUT2D eigenvalue weighted by molar-refractivity contribution is 7.80. The first-order valence-corrected chi connectivity index (χ1v) is 12.7. The Morgan fingerprint density at radius 3 is 2.33 bits per heavy atom. The lowest BCUT2D eigenvalue weighted by Gasteiger charge is -2.14. The van der Waals surface area contributed by atoms with Gasteiger partial charge in [0, 0.05) is 35.4 Å². The summed E-state index contributed by atoms with van der Waals surface area (Å²) in [7, 11) is -5.17. The first kappa shape index (κ1) is 28.9. The van der Waals surface area contributed by atoms with Crippen molar-refractivity contribution in [2.45, 2.75) is 26.7 Å². The van der Waals surface area contributed by atoms with Crippen LogP contribution in [0.4, 0.5) is 9.57 Å². The van der Waals surface area contributed by atoms with Crippen LogP contribution in [0.15, 0.2) is 54.6 Å². The first-order valence-electron chi connectivity index (χ1n) is 11.4. The average molecular weight is 556 g/mol. The van der Waals surface area contributed by atoms with Gasteiger partial charge >= 0.3 is 16.5 Å². The number of halogens is 1. The zero-order valence-corrected chi connectivity index (χ0v) is 21.6. The van der Waals surface area contributed by atoms with Crippen molar-refractivity contribution in [2.75, 3.05) is 6.61 Å². The number of non-ortho nitro benzene ring substituents is 1. The van der Waals surface area contributed by atoms with Gasteiger partial charge in [0.15, 0.2) is 0 Å². The number of hydrogen-bond donors (Lipinski definition) is 1. The zero-order valence-electron chi connectivity index (χ0n) is 20.8. The second-order valence-electron chi connectivity index (χ2n) is 8.26. The van der Waals surface area contributed by atoms with Crippen molar-refractivity contribution in [3.8, 4) is 17.6 Å². The standard InChI is InChI=1S/C26H21N3O5.FHO3S/c1-16-13-18(29(31)32)14-17(2)25(16)34-26(30)24-20-7-3-4-8-22(20)28-23-15-19(9-10-21(23)24)33-12-6-5-11-27;1-5(2,3)4/h3-4,7-10,13-15H,5-6,12H2,1-2H3;(H,2,3,4). The Morgan fingerprint density at radius 2 is 1.72 bits per heavy atom. The molecule has 0 aliphatic heterocycles. The van der Waals surface area contributed by atoms with E-state index in [0.29, 0.717) is 69.4 Å². The maximum Gasteiger partial charge on any atom is 0.435 e. The fraction of sp³-hybridized carbons (Fsp3) is 0.192. The van der Waals surface area contributed by atoms with Crippen LogP contribution in [-0.2, 0) is 10.5 Å². The Kier molecular flexibility index (Phi) is 9.08. The molecule has 0 bridgehead atoms. The van der Waals surface area contributed by atoms with E-state index in [0.717, 1.165) is 0 Å². The van der Waals surface area contributed by atoms with Gasteiger partial charge in [-0.2, -0.15) is 13.7 Å². The van der Waals surface area contributed by atoms with Gasteiger partial charge < -0.3 is 9.47 Å². The fourth-order valence-electron chi connectivity index (χ4n) is 3.86. The minimum Gasteiger partial charge on any atom is -0.493 e. The molecule has 0 radical (unpaired) electrons. The van der Waals surface area contributed by atoms with Gasteiger partial charge in [-0.15, -0.1) is 0 Å². The molecule has 0 aliphatic rings. The number of carbonyl (C=O) groups is 1. The van der Waals surface area contributed by atoms with Crippen LogP contribution in [-0.4, -0.2) is 35.5 Å². The number of benzene rings is 3. The molecule has 4 aromatic rings. The maximum atomic E-state index is 13.4. The first-order chi connectivity index (χ1) is 18.4. The number of aryl methyl sites for hydroxylation is 2. The van der Waals surface area contributed by atoms with E-state index in [4.69, 9.17) is 27.7 Å².